The molecule has 1 aromatic heterocycles. The Labute approximate surface area is 162 Å². The zero-order chi connectivity index (χ0) is 19.3. The highest BCUT2D eigenvalue weighted by Crippen LogP contribution is 2.24. The Morgan fingerprint density at radius 1 is 1.04 bits per heavy atom. The minimum absolute atomic E-state index is 0.120. The van der Waals surface area contributed by atoms with E-state index in [4.69, 9.17) is 10.5 Å². The number of nitrogen functional groups attached to an aromatic ring is 1. The van der Waals surface area contributed by atoms with Crippen LogP contribution in [-0.4, -0.2) is 27.4 Å². The monoisotopic (exact) mass is 376 g/mol. The average molecular weight is 376 g/mol. The molecule has 0 spiro atoms. The molecule has 2 aromatic carbocycles. The number of hydrogen-bond acceptors (Lipinski definition) is 7. The molecular weight excluding hydrogens is 356 g/mol. The molecular formula is C20H20N6O2. The summed E-state index contributed by atoms with van der Waals surface area (Å²) in [5.74, 6) is 1.72. The standard InChI is InChI=1S/C20H20N6O2/c21-19-23-17(24-20(25-19)22-14-5-2-1-3-6-14)13-28-16-10-8-15(9-11-16)26-12-4-7-18(26)27/h1-3,5-6,8-11H,4,7,12-13H2,(H3,21,22,23,24,25). The second-order valence-electron chi connectivity index (χ2n) is 6.36. The number of nitrogens with zero attached hydrogens (tertiary/aromatic N) is 4. The fourth-order valence-electron chi connectivity index (χ4n) is 3.00. The third-order valence-corrected chi connectivity index (χ3v) is 4.32. The van der Waals surface area contributed by atoms with Gasteiger partial charge in [-0.25, -0.2) is 0 Å². The zero-order valence-electron chi connectivity index (χ0n) is 15.2. The van der Waals surface area contributed by atoms with Gasteiger partial charge < -0.3 is 20.7 Å². The molecule has 1 amide bonds. The summed E-state index contributed by atoms with van der Waals surface area (Å²) in [6, 6.07) is 17.0. The van der Waals surface area contributed by atoms with Crippen molar-refractivity contribution >= 4 is 29.2 Å². The van der Waals surface area contributed by atoms with E-state index >= 15 is 0 Å². The van der Waals surface area contributed by atoms with Gasteiger partial charge in [0.15, 0.2) is 5.82 Å². The summed E-state index contributed by atoms with van der Waals surface area (Å²) < 4.78 is 5.76. The maximum Gasteiger partial charge on any atom is 0.232 e. The largest absolute Gasteiger partial charge is 0.486 e. The Kier molecular flexibility index (Phi) is 5.01. The van der Waals surface area contributed by atoms with E-state index in [-0.39, 0.29) is 18.5 Å². The van der Waals surface area contributed by atoms with E-state index in [9.17, 15) is 4.79 Å². The van der Waals surface area contributed by atoms with Gasteiger partial charge in [-0.05, 0) is 42.8 Å². The van der Waals surface area contributed by atoms with E-state index in [0.29, 0.717) is 23.9 Å². The van der Waals surface area contributed by atoms with Gasteiger partial charge in [-0.1, -0.05) is 18.2 Å². The van der Waals surface area contributed by atoms with Crippen LogP contribution in [-0.2, 0) is 11.4 Å². The van der Waals surface area contributed by atoms with Crippen LogP contribution in [0.4, 0.5) is 23.3 Å². The summed E-state index contributed by atoms with van der Waals surface area (Å²) in [5, 5.41) is 3.09. The van der Waals surface area contributed by atoms with Crippen molar-refractivity contribution in [2.24, 2.45) is 0 Å². The number of hydrogen-bond donors (Lipinski definition) is 2. The molecule has 1 aliphatic heterocycles. The Balaban J connectivity index is 1.41. The number of rotatable bonds is 6. The van der Waals surface area contributed by atoms with Crippen molar-refractivity contribution in [3.05, 3.63) is 60.4 Å². The number of nitrogens with one attached hydrogen (secondary N) is 1. The van der Waals surface area contributed by atoms with E-state index in [1.165, 1.54) is 0 Å². The highest BCUT2D eigenvalue weighted by atomic mass is 16.5. The van der Waals surface area contributed by atoms with Crippen LogP contribution in [0, 0.1) is 0 Å². The van der Waals surface area contributed by atoms with Gasteiger partial charge in [0, 0.05) is 24.3 Å². The third kappa shape index (κ3) is 4.17. The van der Waals surface area contributed by atoms with Crippen LogP contribution in [0.1, 0.15) is 18.7 Å². The molecule has 0 saturated carbocycles. The van der Waals surface area contributed by atoms with E-state index in [0.717, 1.165) is 24.3 Å². The Morgan fingerprint density at radius 2 is 1.82 bits per heavy atom. The molecule has 1 fully saturated rings. The zero-order valence-corrected chi connectivity index (χ0v) is 15.2. The first-order valence-electron chi connectivity index (χ1n) is 9.03. The summed E-state index contributed by atoms with van der Waals surface area (Å²) in [6.45, 7) is 0.915. The molecule has 142 valence electrons. The predicted octanol–water partition coefficient (Wildman–Crippen LogP) is 2.90. The summed E-state index contributed by atoms with van der Waals surface area (Å²) in [4.78, 5) is 26.2. The average Bonchev–Trinajstić information content (AvgIpc) is 3.13. The van der Waals surface area contributed by atoms with Crippen molar-refractivity contribution in [2.45, 2.75) is 19.4 Å². The minimum Gasteiger partial charge on any atom is -0.486 e. The molecule has 3 aromatic rings. The number of aromatic nitrogens is 3. The molecule has 0 aliphatic carbocycles. The second-order valence-corrected chi connectivity index (χ2v) is 6.36. The predicted molar refractivity (Wildman–Crippen MR) is 106 cm³/mol. The number of benzene rings is 2. The lowest BCUT2D eigenvalue weighted by Crippen LogP contribution is -2.23. The molecule has 4 rings (SSSR count). The topological polar surface area (TPSA) is 106 Å². The van der Waals surface area contributed by atoms with Crippen LogP contribution in [0.3, 0.4) is 0 Å². The molecule has 8 heteroatoms. The number of carbonyl (C=O) groups excluding carboxylic acids is 1. The molecule has 0 radical (unpaired) electrons. The molecule has 1 saturated heterocycles. The van der Waals surface area contributed by atoms with Gasteiger partial charge in [0.05, 0.1) is 0 Å². The van der Waals surface area contributed by atoms with E-state index in [1.54, 1.807) is 4.90 Å². The maximum absolute atomic E-state index is 11.8. The Bertz CT molecular complexity index is 962. The molecule has 0 atom stereocenters. The van der Waals surface area contributed by atoms with Crippen molar-refractivity contribution < 1.29 is 9.53 Å². The van der Waals surface area contributed by atoms with Crippen LogP contribution in [0.25, 0.3) is 0 Å². The van der Waals surface area contributed by atoms with Crippen molar-refractivity contribution in [1.82, 2.24) is 15.0 Å². The van der Waals surface area contributed by atoms with Crippen LogP contribution < -0.4 is 20.7 Å². The summed E-state index contributed by atoms with van der Waals surface area (Å²) >= 11 is 0. The van der Waals surface area contributed by atoms with E-state index in [1.807, 2.05) is 54.6 Å². The number of amides is 1. The van der Waals surface area contributed by atoms with Crippen LogP contribution in [0.2, 0.25) is 0 Å². The van der Waals surface area contributed by atoms with Gasteiger partial charge >= 0.3 is 0 Å². The van der Waals surface area contributed by atoms with Crippen molar-refractivity contribution in [3.8, 4) is 5.75 Å². The van der Waals surface area contributed by atoms with Gasteiger partial charge in [0.1, 0.15) is 12.4 Å². The molecule has 28 heavy (non-hydrogen) atoms. The normalized spacial score (nSPS) is 13.6. The molecule has 3 N–H and O–H groups in total. The first kappa shape index (κ1) is 17.7. The Morgan fingerprint density at radius 3 is 2.54 bits per heavy atom. The fraction of sp³-hybridized carbons (Fsp3) is 0.200. The van der Waals surface area contributed by atoms with Gasteiger partial charge in [0.2, 0.25) is 17.8 Å². The van der Waals surface area contributed by atoms with Gasteiger partial charge in [0.25, 0.3) is 0 Å². The number of ether oxygens (including phenoxy) is 1. The lowest BCUT2D eigenvalue weighted by molar-refractivity contribution is -0.117. The highest BCUT2D eigenvalue weighted by molar-refractivity contribution is 5.95. The van der Waals surface area contributed by atoms with Crippen LogP contribution in [0.5, 0.6) is 5.75 Å². The molecule has 8 nitrogen and oxygen atoms in total. The molecule has 1 aliphatic rings. The molecule has 0 unspecified atom stereocenters. The lowest BCUT2D eigenvalue weighted by Gasteiger charge is -2.16. The van der Waals surface area contributed by atoms with Crippen molar-refractivity contribution in [1.29, 1.82) is 0 Å². The number of carbonyl (C=O) groups is 1. The maximum atomic E-state index is 11.8. The minimum atomic E-state index is 0.120. The van der Waals surface area contributed by atoms with Gasteiger partial charge in [-0.2, -0.15) is 15.0 Å². The fourth-order valence-corrected chi connectivity index (χ4v) is 3.00. The van der Waals surface area contributed by atoms with Crippen molar-refractivity contribution in [3.63, 3.8) is 0 Å². The SMILES string of the molecule is Nc1nc(COc2ccc(N3CCCC3=O)cc2)nc(Nc2ccccc2)n1. The third-order valence-electron chi connectivity index (χ3n) is 4.32. The summed E-state index contributed by atoms with van der Waals surface area (Å²) in [6.07, 6.45) is 1.51. The summed E-state index contributed by atoms with van der Waals surface area (Å²) in [5.41, 5.74) is 7.53. The number of nitrogens with two attached hydrogens (primary N) is 1. The number of para-hydroxylation sites is 1. The van der Waals surface area contributed by atoms with Gasteiger partial charge in [-0.3, -0.25) is 4.79 Å². The molecule has 2 heterocycles. The van der Waals surface area contributed by atoms with E-state index < -0.39 is 0 Å². The first-order valence-corrected chi connectivity index (χ1v) is 9.03. The van der Waals surface area contributed by atoms with Crippen molar-refractivity contribution in [2.75, 3.05) is 22.5 Å². The van der Waals surface area contributed by atoms with Gasteiger partial charge in [-0.15, -0.1) is 0 Å². The first-order chi connectivity index (χ1) is 13.7. The lowest BCUT2D eigenvalue weighted by atomic mass is 10.3. The molecule has 0 bridgehead atoms. The summed E-state index contributed by atoms with van der Waals surface area (Å²) in [7, 11) is 0. The smallest absolute Gasteiger partial charge is 0.232 e. The quantitative estimate of drug-likeness (QED) is 0.681. The Hall–Kier alpha value is -3.68. The van der Waals surface area contributed by atoms with Crippen LogP contribution >= 0.6 is 0 Å². The second kappa shape index (κ2) is 7.91. The highest BCUT2D eigenvalue weighted by Gasteiger charge is 2.21. The number of anilines is 4. The van der Waals surface area contributed by atoms with E-state index in [2.05, 4.69) is 20.3 Å². The van der Waals surface area contributed by atoms with Crippen LogP contribution in [0.15, 0.2) is 54.6 Å².